The molecule has 1 saturated heterocycles. The van der Waals surface area contributed by atoms with Crippen molar-refractivity contribution in [1.82, 2.24) is 35.8 Å². The van der Waals surface area contributed by atoms with E-state index in [9.17, 15) is 29.4 Å². The Bertz CT molecular complexity index is 2240. The van der Waals surface area contributed by atoms with Crippen LogP contribution in [0.5, 0.6) is 0 Å². The molecule has 3 fully saturated rings. The van der Waals surface area contributed by atoms with Gasteiger partial charge in [0, 0.05) is 30.3 Å². The second-order valence-electron chi connectivity index (χ2n) is 18.1. The molecular weight excluding hydrogens is 803 g/mol. The summed E-state index contributed by atoms with van der Waals surface area (Å²) in [7, 11) is 0. The highest BCUT2D eigenvalue weighted by Gasteiger charge is 2.45. The lowest BCUT2D eigenvalue weighted by atomic mass is 9.84. The van der Waals surface area contributed by atoms with Gasteiger partial charge in [0.05, 0.1) is 24.0 Å². The van der Waals surface area contributed by atoms with Crippen LogP contribution >= 0.6 is 0 Å². The van der Waals surface area contributed by atoms with Crippen LogP contribution < -0.4 is 27.0 Å². The summed E-state index contributed by atoms with van der Waals surface area (Å²) in [6.07, 6.45) is 10.3. The summed E-state index contributed by atoms with van der Waals surface area (Å²) >= 11 is 0. The molecule has 2 heterocycles. The second kappa shape index (κ2) is 20.1. The second-order valence-corrected chi connectivity index (χ2v) is 18.1. The molecule has 16 nitrogen and oxygen atoms in total. The van der Waals surface area contributed by atoms with E-state index in [1.165, 1.54) is 22.2 Å². The Morgan fingerprint density at radius 3 is 2.24 bits per heavy atom. The van der Waals surface area contributed by atoms with Crippen molar-refractivity contribution in [2.75, 3.05) is 11.9 Å². The molecule has 0 bridgehead atoms. The van der Waals surface area contributed by atoms with Crippen molar-refractivity contribution < 1.29 is 34.2 Å². The van der Waals surface area contributed by atoms with Gasteiger partial charge in [0.15, 0.2) is 6.10 Å². The van der Waals surface area contributed by atoms with Crippen LogP contribution in [0, 0.1) is 5.92 Å². The maximum atomic E-state index is 15.0. The molecule has 3 unspecified atom stereocenters. The number of likely N-dealkylation sites (tertiary alicyclic amines) is 1. The Morgan fingerprint density at radius 1 is 0.873 bits per heavy atom. The number of carbonyl (C=O) groups excluding carboxylic acids is 5. The Balaban J connectivity index is 1.13. The molecule has 63 heavy (non-hydrogen) atoms. The van der Waals surface area contributed by atoms with Gasteiger partial charge < -0.3 is 42.1 Å². The molecule has 0 spiro atoms. The highest BCUT2D eigenvalue weighted by molar-refractivity contribution is 6.01. The molecule has 4 aromatic rings. The lowest BCUT2D eigenvalue weighted by Gasteiger charge is -2.32. The Labute approximate surface area is 367 Å². The van der Waals surface area contributed by atoms with Crippen molar-refractivity contribution in [3.05, 3.63) is 89.7 Å². The van der Waals surface area contributed by atoms with Crippen molar-refractivity contribution in [1.29, 1.82) is 0 Å². The van der Waals surface area contributed by atoms with E-state index in [1.54, 1.807) is 50.2 Å². The number of nitrogens with zero attached hydrogens (tertiary/aromatic N) is 4. The van der Waals surface area contributed by atoms with Crippen LogP contribution in [-0.4, -0.2) is 96.6 Å². The number of hydrogen-bond acceptors (Lipinski definition) is 9. The zero-order valence-corrected chi connectivity index (χ0v) is 36.2. The molecule has 3 aromatic carbocycles. The fourth-order valence-electron chi connectivity index (χ4n) is 9.48. The number of aromatic nitrogens is 3. The minimum atomic E-state index is -1.79. The molecule has 1 aliphatic heterocycles. The van der Waals surface area contributed by atoms with E-state index in [-0.39, 0.29) is 37.4 Å². The SMILES string of the molecule is CC(C)(O)c1cnnn1[C@H]1C[C@@H](C(=O)NC(Cc2ccc(NC(=O)NC3CCCCC3)cc2)C(O)C(N)=O)N(C(=O)C(CC2CCCCC2)NC(=O)c2ccc3ccccc3c2)C1. The van der Waals surface area contributed by atoms with E-state index in [4.69, 9.17) is 5.73 Å². The molecule has 8 N–H and O–H groups in total. The predicted octanol–water partition coefficient (Wildman–Crippen LogP) is 4.60. The van der Waals surface area contributed by atoms with Gasteiger partial charge in [0.1, 0.15) is 17.7 Å². The number of urea groups is 1. The predicted molar refractivity (Wildman–Crippen MR) is 237 cm³/mol. The Kier molecular flexibility index (Phi) is 14.4. The van der Waals surface area contributed by atoms with Crippen LogP contribution in [-0.2, 0) is 26.4 Å². The smallest absolute Gasteiger partial charge is 0.319 e. The van der Waals surface area contributed by atoms with E-state index in [2.05, 4.69) is 31.6 Å². The monoisotopic (exact) mass is 863 g/mol. The van der Waals surface area contributed by atoms with Gasteiger partial charge >= 0.3 is 6.03 Å². The first-order valence-corrected chi connectivity index (χ1v) is 22.4. The molecule has 7 rings (SSSR count). The molecule has 1 aromatic heterocycles. The third kappa shape index (κ3) is 11.4. The number of carbonyl (C=O) groups is 5. The lowest BCUT2D eigenvalue weighted by Crippen LogP contribution is -2.57. The summed E-state index contributed by atoms with van der Waals surface area (Å²) < 4.78 is 1.53. The van der Waals surface area contributed by atoms with Gasteiger partial charge in [-0.2, -0.15) is 0 Å². The number of fused-ring (bicyclic) bond motifs is 1. The first kappa shape index (κ1) is 45.2. The van der Waals surface area contributed by atoms with Gasteiger partial charge in [-0.25, -0.2) is 9.48 Å². The fraction of sp³-hybridized carbons (Fsp3) is 0.511. The van der Waals surface area contributed by atoms with E-state index in [0.717, 1.165) is 68.6 Å². The number of benzene rings is 3. The van der Waals surface area contributed by atoms with Crippen molar-refractivity contribution in [2.24, 2.45) is 11.7 Å². The number of hydrogen-bond donors (Lipinski definition) is 7. The molecular formula is C47H61N9O7. The minimum absolute atomic E-state index is 0.00218. The quantitative estimate of drug-likeness (QED) is 0.0884. The van der Waals surface area contributed by atoms with E-state index < -0.39 is 59.5 Å². The Hall–Kier alpha value is -5.87. The Morgan fingerprint density at radius 2 is 1.56 bits per heavy atom. The summed E-state index contributed by atoms with van der Waals surface area (Å²) in [5.74, 6) is -2.38. The first-order chi connectivity index (χ1) is 30.2. The highest BCUT2D eigenvalue weighted by atomic mass is 16.3. The van der Waals surface area contributed by atoms with Crippen molar-refractivity contribution in [3.63, 3.8) is 0 Å². The van der Waals surface area contributed by atoms with Crippen LogP contribution in [0.2, 0.25) is 0 Å². The van der Waals surface area contributed by atoms with Crippen molar-refractivity contribution in [2.45, 2.75) is 139 Å². The number of rotatable bonds is 15. The number of aliphatic hydroxyl groups excluding tert-OH is 1. The van der Waals surface area contributed by atoms with E-state index >= 15 is 4.79 Å². The van der Waals surface area contributed by atoms with Gasteiger partial charge in [0.2, 0.25) is 17.7 Å². The number of amides is 6. The fourth-order valence-corrected chi connectivity index (χ4v) is 9.48. The average Bonchev–Trinajstić information content (AvgIpc) is 3.96. The van der Waals surface area contributed by atoms with Crippen LogP contribution in [0.15, 0.2) is 72.9 Å². The van der Waals surface area contributed by atoms with Crippen LogP contribution in [0.3, 0.4) is 0 Å². The van der Waals surface area contributed by atoms with Crippen molar-refractivity contribution in [3.8, 4) is 0 Å². The zero-order chi connectivity index (χ0) is 44.7. The van der Waals surface area contributed by atoms with Crippen LogP contribution in [0.25, 0.3) is 10.8 Å². The molecule has 2 saturated carbocycles. The number of anilines is 1. The van der Waals surface area contributed by atoms with E-state index in [1.807, 2.05) is 30.3 Å². The van der Waals surface area contributed by atoms with Gasteiger partial charge in [-0.1, -0.05) is 99.0 Å². The zero-order valence-electron chi connectivity index (χ0n) is 36.2. The van der Waals surface area contributed by atoms with Crippen molar-refractivity contribution >= 4 is 46.1 Å². The standard InChI is InChI=1S/C47H61N9O7/c1-47(2,63)40-27-49-54-56(40)36-26-39(44(60)52-37(41(57)42(48)58)23-30-17-21-35(22-18-30)51-46(62)50-34-15-7-4-8-16-34)55(28-36)45(61)38(24-29-11-5-3-6-12-29)53-43(59)33-20-19-31-13-9-10-14-32(31)25-33/h9-10,13-14,17-22,25,27,29,34,36-39,41,57,63H,3-8,11-12,15-16,23-24,26,28H2,1-2H3,(H2,48,58)(H,52,60)(H,53,59)(H2,50,51,62)/t36-,37?,38?,39-,41?/m0/s1. The van der Waals surface area contributed by atoms with Crippen LogP contribution in [0.1, 0.15) is 119 Å². The first-order valence-electron chi connectivity index (χ1n) is 22.4. The molecule has 2 aliphatic carbocycles. The van der Waals surface area contributed by atoms with Gasteiger partial charge in [-0.15, -0.1) is 5.10 Å². The van der Waals surface area contributed by atoms with Gasteiger partial charge in [-0.05, 0) is 86.1 Å². The van der Waals surface area contributed by atoms with Gasteiger partial charge in [0.25, 0.3) is 5.91 Å². The summed E-state index contributed by atoms with van der Waals surface area (Å²) in [5, 5.41) is 44.0. The third-order valence-corrected chi connectivity index (χ3v) is 12.9. The molecule has 5 atom stereocenters. The number of aliphatic hydroxyl groups is 2. The third-order valence-electron chi connectivity index (χ3n) is 12.9. The molecule has 3 aliphatic rings. The lowest BCUT2D eigenvalue weighted by molar-refractivity contribution is -0.141. The molecule has 16 heteroatoms. The summed E-state index contributed by atoms with van der Waals surface area (Å²) in [6.45, 7) is 3.19. The largest absolute Gasteiger partial charge is 0.384 e. The maximum absolute atomic E-state index is 15.0. The topological polar surface area (TPSA) is 234 Å². The molecule has 336 valence electrons. The number of nitrogens with one attached hydrogen (secondary N) is 4. The minimum Gasteiger partial charge on any atom is -0.384 e. The average molecular weight is 864 g/mol. The normalized spacial score (nSPS) is 20.1. The number of nitrogens with two attached hydrogens (primary N) is 1. The van der Waals surface area contributed by atoms with E-state index in [0.29, 0.717) is 28.9 Å². The highest BCUT2D eigenvalue weighted by Crippen LogP contribution is 2.34. The van der Waals surface area contributed by atoms with Gasteiger partial charge in [-0.3, -0.25) is 19.2 Å². The maximum Gasteiger partial charge on any atom is 0.319 e. The molecule has 6 amide bonds. The van der Waals surface area contributed by atoms with Crippen LogP contribution in [0.4, 0.5) is 10.5 Å². The summed E-state index contributed by atoms with van der Waals surface area (Å²) in [5.41, 5.74) is 6.22. The summed E-state index contributed by atoms with van der Waals surface area (Å²) in [6, 6.07) is 15.9. The molecule has 0 radical (unpaired) electrons. The summed E-state index contributed by atoms with van der Waals surface area (Å²) in [4.78, 5) is 70.2. The number of primary amides is 1.